The van der Waals surface area contributed by atoms with Crippen molar-refractivity contribution in [2.24, 2.45) is 5.92 Å². The summed E-state index contributed by atoms with van der Waals surface area (Å²) in [5, 5.41) is 0.978. The smallest absolute Gasteiger partial charge is 0.253 e. The van der Waals surface area contributed by atoms with Crippen molar-refractivity contribution in [1.82, 2.24) is 19.4 Å². The molecule has 3 heterocycles. The van der Waals surface area contributed by atoms with Crippen LogP contribution in [0.3, 0.4) is 0 Å². The average molecular weight is 471 g/mol. The van der Waals surface area contributed by atoms with Gasteiger partial charge in [-0.05, 0) is 55.0 Å². The number of fused-ring (bicyclic) bond motifs is 1. The second-order valence-electron chi connectivity index (χ2n) is 9.29. The molecule has 2 aromatic carbocycles. The topological polar surface area (TPSA) is 51.0 Å². The van der Waals surface area contributed by atoms with E-state index in [-0.39, 0.29) is 5.91 Å². The van der Waals surface area contributed by atoms with Crippen molar-refractivity contribution >= 4 is 28.7 Å². The number of nitrogens with zero attached hydrogens (tertiary/aromatic N) is 4. The molecule has 0 bridgehead atoms. The van der Waals surface area contributed by atoms with Gasteiger partial charge in [-0.3, -0.25) is 9.78 Å². The summed E-state index contributed by atoms with van der Waals surface area (Å²) in [6.07, 6.45) is 5.85. The zero-order valence-electron chi connectivity index (χ0n) is 19.8. The first-order valence-corrected chi connectivity index (χ1v) is 12.9. The molecule has 0 N–H and O–H groups in total. The summed E-state index contributed by atoms with van der Waals surface area (Å²) in [6, 6.07) is 18.7. The highest BCUT2D eigenvalue weighted by Gasteiger charge is 2.21. The van der Waals surface area contributed by atoms with Crippen LogP contribution in [0, 0.1) is 12.8 Å². The normalized spacial score (nSPS) is 14.6. The molecule has 0 spiro atoms. The largest absolute Gasteiger partial charge is 0.339 e. The fraction of sp³-hybridized carbons (Fsp3) is 0.321. The standard InChI is InChI=1S/C28H30N4OS/c1-20-3-5-23(6-4-20)19-34-28-30-25-11-14-29-17-26(25)32(28)18-22-7-9-24(10-8-22)27(33)31-15-12-21(2)13-16-31/h3-11,14,17,21H,12-13,15-16,18-19H2,1-2H3. The molecular weight excluding hydrogens is 440 g/mol. The Balaban J connectivity index is 1.34. The lowest BCUT2D eigenvalue weighted by Crippen LogP contribution is -2.37. The number of aromatic nitrogens is 3. The van der Waals surface area contributed by atoms with Crippen LogP contribution in [0.1, 0.15) is 46.8 Å². The van der Waals surface area contributed by atoms with Crippen molar-refractivity contribution in [3.63, 3.8) is 0 Å². The van der Waals surface area contributed by atoms with Gasteiger partial charge in [-0.1, -0.05) is 60.6 Å². The lowest BCUT2D eigenvalue weighted by molar-refractivity contribution is 0.0697. The Morgan fingerprint density at radius 2 is 1.71 bits per heavy atom. The van der Waals surface area contributed by atoms with Gasteiger partial charge in [0.2, 0.25) is 0 Å². The maximum atomic E-state index is 12.9. The Morgan fingerprint density at radius 3 is 2.44 bits per heavy atom. The van der Waals surface area contributed by atoms with Gasteiger partial charge in [0, 0.05) is 30.6 Å². The van der Waals surface area contributed by atoms with E-state index >= 15 is 0 Å². The fourth-order valence-electron chi connectivity index (χ4n) is 4.37. The highest BCUT2D eigenvalue weighted by molar-refractivity contribution is 7.98. The fourth-order valence-corrected chi connectivity index (χ4v) is 5.34. The number of thioether (sulfide) groups is 1. The van der Waals surface area contributed by atoms with Gasteiger partial charge in [-0.2, -0.15) is 0 Å². The van der Waals surface area contributed by atoms with Crippen molar-refractivity contribution in [3.8, 4) is 0 Å². The molecular formula is C28H30N4OS. The summed E-state index contributed by atoms with van der Waals surface area (Å²) < 4.78 is 2.23. The number of hydrogen-bond acceptors (Lipinski definition) is 4. The van der Waals surface area contributed by atoms with Crippen LogP contribution >= 0.6 is 11.8 Å². The van der Waals surface area contributed by atoms with Crippen LogP contribution < -0.4 is 0 Å². The third-order valence-electron chi connectivity index (χ3n) is 6.62. The van der Waals surface area contributed by atoms with E-state index in [4.69, 9.17) is 4.98 Å². The zero-order valence-corrected chi connectivity index (χ0v) is 20.6. The molecule has 6 heteroatoms. The summed E-state index contributed by atoms with van der Waals surface area (Å²) in [6.45, 7) is 6.78. The van der Waals surface area contributed by atoms with E-state index in [9.17, 15) is 4.79 Å². The first kappa shape index (κ1) is 22.7. The molecule has 0 atom stereocenters. The molecule has 1 aliphatic rings. The zero-order chi connectivity index (χ0) is 23.5. The monoisotopic (exact) mass is 470 g/mol. The van der Waals surface area contributed by atoms with Gasteiger partial charge in [-0.25, -0.2) is 4.98 Å². The number of likely N-dealkylation sites (tertiary alicyclic amines) is 1. The van der Waals surface area contributed by atoms with Gasteiger partial charge in [0.1, 0.15) is 0 Å². The van der Waals surface area contributed by atoms with Gasteiger partial charge >= 0.3 is 0 Å². The summed E-state index contributed by atoms with van der Waals surface area (Å²) in [5.41, 5.74) is 6.43. The van der Waals surface area contributed by atoms with Crippen LogP contribution in [0.25, 0.3) is 11.0 Å². The third kappa shape index (κ3) is 5.02. The lowest BCUT2D eigenvalue weighted by atomic mass is 9.98. The predicted octanol–water partition coefficient (Wildman–Crippen LogP) is 5.95. The van der Waals surface area contributed by atoms with Crippen LogP contribution in [0.5, 0.6) is 0 Å². The molecule has 4 aromatic rings. The van der Waals surface area contributed by atoms with Gasteiger partial charge in [-0.15, -0.1) is 0 Å². The van der Waals surface area contributed by atoms with Crippen LogP contribution in [-0.4, -0.2) is 38.4 Å². The lowest BCUT2D eigenvalue weighted by Gasteiger charge is -2.30. The molecule has 5 rings (SSSR count). The number of aryl methyl sites for hydroxylation is 1. The van der Waals surface area contributed by atoms with Gasteiger partial charge in [0.15, 0.2) is 5.16 Å². The molecule has 0 unspecified atom stereocenters. The van der Waals surface area contributed by atoms with E-state index in [1.165, 1.54) is 11.1 Å². The molecule has 1 fully saturated rings. The van der Waals surface area contributed by atoms with Crippen molar-refractivity contribution in [1.29, 1.82) is 0 Å². The molecule has 0 radical (unpaired) electrons. The van der Waals surface area contributed by atoms with Crippen LogP contribution in [0.4, 0.5) is 0 Å². The van der Waals surface area contributed by atoms with E-state index in [1.54, 1.807) is 18.0 Å². The minimum absolute atomic E-state index is 0.144. The molecule has 1 amide bonds. The molecule has 0 aliphatic carbocycles. The SMILES string of the molecule is Cc1ccc(CSc2nc3ccncc3n2Cc2ccc(C(=O)N3CCC(C)CC3)cc2)cc1. The number of benzene rings is 2. The van der Waals surface area contributed by atoms with Crippen LogP contribution in [0.2, 0.25) is 0 Å². The van der Waals surface area contributed by atoms with Crippen molar-refractivity contribution < 1.29 is 4.79 Å². The molecule has 5 nitrogen and oxygen atoms in total. The second kappa shape index (κ2) is 10.0. The summed E-state index contributed by atoms with van der Waals surface area (Å²) >= 11 is 1.74. The number of imidazole rings is 1. The Kier molecular flexibility index (Phi) is 6.68. The van der Waals surface area contributed by atoms with Crippen molar-refractivity contribution in [3.05, 3.63) is 89.2 Å². The predicted molar refractivity (Wildman–Crippen MR) is 138 cm³/mol. The van der Waals surface area contributed by atoms with Crippen molar-refractivity contribution in [2.45, 2.75) is 44.1 Å². The van der Waals surface area contributed by atoms with E-state index in [2.05, 4.69) is 59.8 Å². The number of carbonyl (C=O) groups excluding carboxylic acids is 1. The Morgan fingerprint density at radius 1 is 1.00 bits per heavy atom. The molecule has 174 valence electrons. The van der Waals surface area contributed by atoms with Crippen LogP contribution in [0.15, 0.2) is 72.1 Å². The second-order valence-corrected chi connectivity index (χ2v) is 10.2. The van der Waals surface area contributed by atoms with E-state index in [1.807, 2.05) is 29.3 Å². The first-order valence-electron chi connectivity index (χ1n) is 11.9. The number of piperidine rings is 1. The quantitative estimate of drug-likeness (QED) is 0.327. The summed E-state index contributed by atoms with van der Waals surface area (Å²) in [7, 11) is 0. The maximum absolute atomic E-state index is 12.9. The minimum Gasteiger partial charge on any atom is -0.339 e. The van der Waals surface area contributed by atoms with Crippen molar-refractivity contribution in [2.75, 3.05) is 13.1 Å². The van der Waals surface area contributed by atoms with Gasteiger partial charge in [0.25, 0.3) is 5.91 Å². The molecule has 34 heavy (non-hydrogen) atoms. The number of amides is 1. The Hall–Kier alpha value is -3.12. The maximum Gasteiger partial charge on any atom is 0.253 e. The van der Waals surface area contributed by atoms with Gasteiger partial charge < -0.3 is 9.47 Å². The molecule has 0 saturated carbocycles. The summed E-state index contributed by atoms with van der Waals surface area (Å²) in [4.78, 5) is 24.1. The Bertz CT molecular complexity index is 1270. The molecule has 2 aromatic heterocycles. The first-order chi connectivity index (χ1) is 16.6. The van der Waals surface area contributed by atoms with E-state index in [0.29, 0.717) is 12.5 Å². The highest BCUT2D eigenvalue weighted by Crippen LogP contribution is 2.28. The molecule has 1 aliphatic heterocycles. The highest BCUT2D eigenvalue weighted by atomic mass is 32.2. The van der Waals surface area contributed by atoms with E-state index < -0.39 is 0 Å². The van der Waals surface area contributed by atoms with Gasteiger partial charge in [0.05, 0.1) is 23.8 Å². The average Bonchev–Trinajstić information content (AvgIpc) is 3.21. The molecule has 1 saturated heterocycles. The number of carbonyl (C=O) groups is 1. The summed E-state index contributed by atoms with van der Waals surface area (Å²) in [5.74, 6) is 1.72. The number of pyridine rings is 1. The number of hydrogen-bond donors (Lipinski definition) is 0. The Labute approximate surface area is 205 Å². The third-order valence-corrected chi connectivity index (χ3v) is 7.66. The van der Waals surface area contributed by atoms with E-state index in [0.717, 1.165) is 59.0 Å². The number of rotatable bonds is 6. The minimum atomic E-state index is 0.144. The van der Waals surface area contributed by atoms with Crippen LogP contribution in [-0.2, 0) is 12.3 Å².